The Balaban J connectivity index is 1.49. The quantitative estimate of drug-likeness (QED) is 0.629. The molecule has 0 bridgehead atoms. The molecule has 0 saturated heterocycles. The van der Waals surface area contributed by atoms with E-state index in [1.165, 1.54) is 10.4 Å². The van der Waals surface area contributed by atoms with Crippen molar-refractivity contribution in [3.8, 4) is 0 Å². The molecule has 1 aliphatic carbocycles. The molecular formula is C18H22FN3S. The molecular weight excluding hydrogens is 309 g/mol. The van der Waals surface area contributed by atoms with Gasteiger partial charge in [0.15, 0.2) is 5.96 Å². The van der Waals surface area contributed by atoms with Gasteiger partial charge >= 0.3 is 0 Å². The van der Waals surface area contributed by atoms with Gasteiger partial charge in [0, 0.05) is 30.4 Å². The lowest BCUT2D eigenvalue weighted by Gasteiger charge is -2.19. The first-order valence-corrected chi connectivity index (χ1v) is 8.83. The van der Waals surface area contributed by atoms with Crippen LogP contribution in [0.4, 0.5) is 4.39 Å². The molecule has 0 amide bonds. The van der Waals surface area contributed by atoms with Crippen LogP contribution in [-0.2, 0) is 11.8 Å². The summed E-state index contributed by atoms with van der Waals surface area (Å²) < 4.78 is 13.1. The highest BCUT2D eigenvalue weighted by Gasteiger charge is 2.44. The number of rotatable bonds is 6. The Kier molecular flexibility index (Phi) is 4.96. The summed E-state index contributed by atoms with van der Waals surface area (Å²) in [4.78, 5) is 5.66. The number of thiophene rings is 1. The van der Waals surface area contributed by atoms with Crippen LogP contribution in [0, 0.1) is 5.82 Å². The first-order chi connectivity index (χ1) is 11.2. The van der Waals surface area contributed by atoms with Crippen molar-refractivity contribution in [2.24, 2.45) is 4.99 Å². The summed E-state index contributed by atoms with van der Waals surface area (Å²) >= 11 is 1.78. The number of nitrogens with one attached hydrogen (secondary N) is 2. The van der Waals surface area contributed by atoms with E-state index in [0.717, 1.165) is 38.3 Å². The van der Waals surface area contributed by atoms with Crippen molar-refractivity contribution in [3.05, 3.63) is 58.0 Å². The molecule has 2 N–H and O–H groups in total. The molecule has 1 aliphatic rings. The highest BCUT2D eigenvalue weighted by atomic mass is 32.1. The summed E-state index contributed by atoms with van der Waals surface area (Å²) in [6, 6.07) is 11.1. The molecule has 5 heteroatoms. The molecule has 0 spiro atoms. The monoisotopic (exact) mass is 331 g/mol. The molecule has 0 unspecified atom stereocenters. The van der Waals surface area contributed by atoms with Gasteiger partial charge in [0.25, 0.3) is 0 Å². The highest BCUT2D eigenvalue weighted by Crippen LogP contribution is 2.47. The fraction of sp³-hybridized carbons (Fsp3) is 0.389. The van der Waals surface area contributed by atoms with E-state index in [4.69, 9.17) is 0 Å². The summed E-state index contributed by atoms with van der Waals surface area (Å²) in [5.41, 5.74) is 1.35. The van der Waals surface area contributed by atoms with Gasteiger partial charge in [-0.3, -0.25) is 4.99 Å². The van der Waals surface area contributed by atoms with E-state index < -0.39 is 0 Å². The van der Waals surface area contributed by atoms with Gasteiger partial charge in [0.2, 0.25) is 0 Å². The third kappa shape index (κ3) is 4.10. The molecule has 122 valence electrons. The Morgan fingerprint density at radius 2 is 2.00 bits per heavy atom. The van der Waals surface area contributed by atoms with Crippen molar-refractivity contribution >= 4 is 17.3 Å². The Bertz CT molecular complexity index is 645. The van der Waals surface area contributed by atoms with E-state index in [1.807, 2.05) is 12.1 Å². The molecule has 1 aromatic heterocycles. The molecule has 1 saturated carbocycles. The van der Waals surface area contributed by atoms with E-state index in [-0.39, 0.29) is 11.2 Å². The molecule has 2 aromatic rings. The largest absolute Gasteiger partial charge is 0.356 e. The number of halogens is 1. The lowest BCUT2D eigenvalue weighted by atomic mass is 9.96. The number of nitrogens with zero attached hydrogens (tertiary/aromatic N) is 1. The third-order valence-corrected chi connectivity index (χ3v) is 5.31. The van der Waals surface area contributed by atoms with Crippen molar-refractivity contribution in [2.75, 3.05) is 20.1 Å². The highest BCUT2D eigenvalue weighted by molar-refractivity contribution is 7.09. The van der Waals surface area contributed by atoms with Gasteiger partial charge in [-0.05, 0) is 48.4 Å². The number of hydrogen-bond acceptors (Lipinski definition) is 2. The van der Waals surface area contributed by atoms with Crippen molar-refractivity contribution in [1.82, 2.24) is 10.6 Å². The second-order valence-electron chi connectivity index (χ2n) is 5.97. The average molecular weight is 331 g/mol. The molecule has 0 atom stereocenters. The molecule has 1 heterocycles. The minimum atomic E-state index is -0.177. The van der Waals surface area contributed by atoms with Crippen LogP contribution in [0.25, 0.3) is 0 Å². The minimum absolute atomic E-state index is 0.138. The minimum Gasteiger partial charge on any atom is -0.356 e. The van der Waals surface area contributed by atoms with Gasteiger partial charge in [-0.25, -0.2) is 4.39 Å². The zero-order chi connectivity index (χ0) is 16.1. The maximum Gasteiger partial charge on any atom is 0.191 e. The number of aliphatic imine (C=N–C) groups is 1. The van der Waals surface area contributed by atoms with Crippen LogP contribution in [0.1, 0.15) is 23.3 Å². The second-order valence-corrected chi connectivity index (χ2v) is 7.00. The van der Waals surface area contributed by atoms with Crippen LogP contribution in [0.5, 0.6) is 0 Å². The van der Waals surface area contributed by atoms with E-state index >= 15 is 0 Å². The van der Waals surface area contributed by atoms with E-state index in [2.05, 4.69) is 33.1 Å². The molecule has 0 aliphatic heterocycles. The van der Waals surface area contributed by atoms with E-state index in [0.29, 0.717) is 0 Å². The van der Waals surface area contributed by atoms with Crippen LogP contribution < -0.4 is 10.6 Å². The predicted octanol–water partition coefficient (Wildman–Crippen LogP) is 3.33. The van der Waals surface area contributed by atoms with Gasteiger partial charge < -0.3 is 10.6 Å². The molecule has 1 aromatic carbocycles. The van der Waals surface area contributed by atoms with Gasteiger partial charge in [-0.1, -0.05) is 18.2 Å². The first-order valence-electron chi connectivity index (χ1n) is 7.95. The van der Waals surface area contributed by atoms with Crippen LogP contribution >= 0.6 is 11.3 Å². The Labute approximate surface area is 140 Å². The van der Waals surface area contributed by atoms with E-state index in [9.17, 15) is 4.39 Å². The second kappa shape index (κ2) is 7.13. The zero-order valence-corrected chi connectivity index (χ0v) is 14.1. The SMILES string of the molecule is CN=C(NCCc1cccs1)NCC1(c2ccc(F)cc2)CC1. The van der Waals surface area contributed by atoms with Gasteiger partial charge in [0.05, 0.1) is 0 Å². The Hall–Kier alpha value is -1.88. The Morgan fingerprint density at radius 3 is 2.61 bits per heavy atom. The summed E-state index contributed by atoms with van der Waals surface area (Å²) in [5.74, 6) is 0.651. The number of guanidine groups is 1. The van der Waals surface area contributed by atoms with Gasteiger partial charge in [-0.2, -0.15) is 0 Å². The molecule has 0 radical (unpaired) electrons. The molecule has 1 fully saturated rings. The topological polar surface area (TPSA) is 36.4 Å². The fourth-order valence-electron chi connectivity index (χ4n) is 2.75. The van der Waals surface area contributed by atoms with Crippen LogP contribution in [-0.4, -0.2) is 26.1 Å². The maximum absolute atomic E-state index is 13.1. The number of hydrogen-bond donors (Lipinski definition) is 2. The predicted molar refractivity (Wildman–Crippen MR) is 94.7 cm³/mol. The smallest absolute Gasteiger partial charge is 0.191 e. The van der Waals surface area contributed by atoms with Crippen molar-refractivity contribution < 1.29 is 4.39 Å². The average Bonchev–Trinajstić information content (AvgIpc) is 3.18. The number of benzene rings is 1. The normalized spacial score (nSPS) is 16.2. The maximum atomic E-state index is 13.1. The lowest BCUT2D eigenvalue weighted by molar-refractivity contribution is 0.617. The summed E-state index contributed by atoms with van der Waals surface area (Å²) in [6.45, 7) is 1.70. The summed E-state index contributed by atoms with van der Waals surface area (Å²) in [5, 5.41) is 8.87. The summed E-state index contributed by atoms with van der Waals surface area (Å²) in [6.07, 6.45) is 3.27. The van der Waals surface area contributed by atoms with Gasteiger partial charge in [0.1, 0.15) is 5.82 Å². The van der Waals surface area contributed by atoms with E-state index in [1.54, 1.807) is 30.5 Å². The first kappa shape index (κ1) is 16.0. The molecule has 3 nitrogen and oxygen atoms in total. The standard InChI is InChI=1S/C18H22FN3S/c1-20-17(21-11-8-16-3-2-12-23-16)22-13-18(9-10-18)14-4-6-15(19)7-5-14/h2-7,12H,8-11,13H2,1H3,(H2,20,21,22). The van der Waals surface area contributed by atoms with Crippen LogP contribution in [0.15, 0.2) is 46.8 Å². The van der Waals surface area contributed by atoms with Crippen molar-refractivity contribution in [2.45, 2.75) is 24.7 Å². The van der Waals surface area contributed by atoms with Crippen molar-refractivity contribution in [1.29, 1.82) is 0 Å². The lowest BCUT2D eigenvalue weighted by Crippen LogP contribution is -2.41. The molecule has 3 rings (SSSR count). The fourth-order valence-corrected chi connectivity index (χ4v) is 3.46. The summed E-state index contributed by atoms with van der Waals surface area (Å²) in [7, 11) is 1.79. The molecule has 23 heavy (non-hydrogen) atoms. The third-order valence-electron chi connectivity index (χ3n) is 4.37. The van der Waals surface area contributed by atoms with Gasteiger partial charge in [-0.15, -0.1) is 11.3 Å². The zero-order valence-electron chi connectivity index (χ0n) is 13.3. The van der Waals surface area contributed by atoms with Crippen molar-refractivity contribution in [3.63, 3.8) is 0 Å². The Morgan fingerprint density at radius 1 is 1.22 bits per heavy atom. The van der Waals surface area contributed by atoms with Crippen LogP contribution in [0.3, 0.4) is 0 Å². The van der Waals surface area contributed by atoms with Crippen LogP contribution in [0.2, 0.25) is 0 Å².